The van der Waals surface area contributed by atoms with Crippen molar-refractivity contribution in [3.05, 3.63) is 53.6 Å². The molecular weight excluding hydrogens is 245 g/mol. The Balaban J connectivity index is 2.81. The molecule has 1 atom stereocenters. The Hall–Kier alpha value is -2.04. The van der Waals surface area contributed by atoms with Gasteiger partial charge in [0.1, 0.15) is 5.57 Å². The van der Waals surface area contributed by atoms with E-state index in [-0.39, 0.29) is 11.1 Å². The van der Waals surface area contributed by atoms with Crippen molar-refractivity contribution < 1.29 is 23.1 Å². The SMILES string of the molecule is C=CC1(F)c2ccccc2C=C(C(=O)O)C1(F)F. The molecule has 18 heavy (non-hydrogen) atoms. The third-order valence-corrected chi connectivity index (χ3v) is 2.96. The van der Waals surface area contributed by atoms with Crippen molar-refractivity contribution in [2.24, 2.45) is 0 Å². The summed E-state index contributed by atoms with van der Waals surface area (Å²) < 4.78 is 42.4. The van der Waals surface area contributed by atoms with Gasteiger partial charge in [0.2, 0.25) is 5.67 Å². The van der Waals surface area contributed by atoms with Crippen molar-refractivity contribution in [3.63, 3.8) is 0 Å². The molecule has 0 bridgehead atoms. The van der Waals surface area contributed by atoms with E-state index < -0.39 is 23.1 Å². The lowest BCUT2D eigenvalue weighted by molar-refractivity contribution is -0.143. The van der Waals surface area contributed by atoms with Crippen LogP contribution in [0.2, 0.25) is 0 Å². The maximum atomic E-state index is 14.5. The summed E-state index contributed by atoms with van der Waals surface area (Å²) >= 11 is 0. The second-order valence-electron chi connectivity index (χ2n) is 3.94. The average molecular weight is 254 g/mol. The molecule has 0 heterocycles. The van der Waals surface area contributed by atoms with Crippen LogP contribution in [0.5, 0.6) is 0 Å². The fourth-order valence-corrected chi connectivity index (χ4v) is 2.00. The number of rotatable bonds is 2. The Morgan fingerprint density at radius 2 is 1.89 bits per heavy atom. The van der Waals surface area contributed by atoms with Gasteiger partial charge in [0.25, 0.3) is 0 Å². The number of halogens is 3. The van der Waals surface area contributed by atoms with E-state index >= 15 is 0 Å². The molecule has 0 amide bonds. The summed E-state index contributed by atoms with van der Waals surface area (Å²) in [7, 11) is 0. The molecule has 0 saturated heterocycles. The van der Waals surface area contributed by atoms with E-state index in [4.69, 9.17) is 5.11 Å². The first kappa shape index (κ1) is 12.4. The molecule has 0 aromatic heterocycles. The van der Waals surface area contributed by atoms with Gasteiger partial charge in [-0.3, -0.25) is 0 Å². The molecular formula is C13H9F3O2. The largest absolute Gasteiger partial charge is 0.478 e. The van der Waals surface area contributed by atoms with Gasteiger partial charge in [0.05, 0.1) is 0 Å². The number of carbonyl (C=O) groups is 1. The first-order chi connectivity index (χ1) is 8.34. The molecule has 0 saturated carbocycles. The molecule has 0 aliphatic heterocycles. The Morgan fingerprint density at radius 1 is 1.28 bits per heavy atom. The molecule has 2 nitrogen and oxygen atoms in total. The minimum Gasteiger partial charge on any atom is -0.478 e. The van der Waals surface area contributed by atoms with Crippen LogP contribution in [-0.4, -0.2) is 17.0 Å². The minimum absolute atomic E-state index is 0.114. The van der Waals surface area contributed by atoms with Crippen LogP contribution in [0.15, 0.2) is 42.5 Å². The average Bonchev–Trinajstić information content (AvgIpc) is 2.33. The number of hydrogen-bond acceptors (Lipinski definition) is 1. The second kappa shape index (κ2) is 3.73. The van der Waals surface area contributed by atoms with Gasteiger partial charge in [-0.15, -0.1) is 0 Å². The van der Waals surface area contributed by atoms with E-state index in [9.17, 15) is 18.0 Å². The molecule has 0 fully saturated rings. The lowest BCUT2D eigenvalue weighted by atomic mass is 9.77. The van der Waals surface area contributed by atoms with Gasteiger partial charge < -0.3 is 5.11 Å². The third kappa shape index (κ3) is 1.40. The maximum absolute atomic E-state index is 14.5. The zero-order valence-electron chi connectivity index (χ0n) is 9.16. The third-order valence-electron chi connectivity index (χ3n) is 2.96. The quantitative estimate of drug-likeness (QED) is 0.823. The summed E-state index contributed by atoms with van der Waals surface area (Å²) in [5.41, 5.74) is -4.66. The summed E-state index contributed by atoms with van der Waals surface area (Å²) in [5.74, 6) is -6.01. The summed E-state index contributed by atoms with van der Waals surface area (Å²) in [6.45, 7) is 3.07. The van der Waals surface area contributed by atoms with Crippen molar-refractivity contribution in [1.29, 1.82) is 0 Å². The van der Waals surface area contributed by atoms with E-state index in [1.807, 2.05) is 0 Å². The fourth-order valence-electron chi connectivity index (χ4n) is 2.00. The number of benzene rings is 1. The Kier molecular flexibility index (Phi) is 2.57. The van der Waals surface area contributed by atoms with Crippen LogP contribution in [0.3, 0.4) is 0 Å². The summed E-state index contributed by atoms with van der Waals surface area (Å²) in [5, 5.41) is 8.78. The number of carboxylic acids is 1. The fraction of sp³-hybridized carbons (Fsp3) is 0.154. The highest BCUT2D eigenvalue weighted by atomic mass is 19.3. The van der Waals surface area contributed by atoms with Crippen molar-refractivity contribution in [1.82, 2.24) is 0 Å². The van der Waals surface area contributed by atoms with Crippen LogP contribution in [0.4, 0.5) is 13.2 Å². The van der Waals surface area contributed by atoms with Crippen LogP contribution in [0, 0.1) is 0 Å². The highest BCUT2D eigenvalue weighted by molar-refractivity contribution is 5.96. The van der Waals surface area contributed by atoms with Crippen LogP contribution in [0.1, 0.15) is 11.1 Å². The van der Waals surface area contributed by atoms with Gasteiger partial charge in [-0.1, -0.05) is 30.8 Å². The van der Waals surface area contributed by atoms with Gasteiger partial charge >= 0.3 is 11.9 Å². The van der Waals surface area contributed by atoms with Gasteiger partial charge in [0.15, 0.2) is 0 Å². The first-order valence-electron chi connectivity index (χ1n) is 5.10. The van der Waals surface area contributed by atoms with Gasteiger partial charge in [-0.2, -0.15) is 8.78 Å². The monoisotopic (exact) mass is 254 g/mol. The lowest BCUT2D eigenvalue weighted by Gasteiger charge is -2.35. The molecule has 1 aliphatic carbocycles. The van der Waals surface area contributed by atoms with E-state index in [1.165, 1.54) is 24.3 Å². The second-order valence-corrected chi connectivity index (χ2v) is 3.94. The van der Waals surface area contributed by atoms with Crippen LogP contribution < -0.4 is 0 Å². The molecule has 1 aromatic carbocycles. The van der Waals surface area contributed by atoms with Crippen molar-refractivity contribution in [3.8, 4) is 0 Å². The summed E-state index contributed by atoms with van der Waals surface area (Å²) in [4.78, 5) is 10.8. The van der Waals surface area contributed by atoms with Crippen molar-refractivity contribution >= 4 is 12.0 Å². The summed E-state index contributed by atoms with van der Waals surface area (Å²) in [6, 6.07) is 5.50. The Morgan fingerprint density at radius 3 is 2.44 bits per heavy atom. The molecule has 0 radical (unpaired) electrons. The van der Waals surface area contributed by atoms with Crippen LogP contribution >= 0.6 is 0 Å². The first-order valence-corrected chi connectivity index (χ1v) is 5.10. The highest BCUT2D eigenvalue weighted by Gasteiger charge is 2.61. The number of hydrogen-bond donors (Lipinski definition) is 1. The van der Waals surface area contributed by atoms with Gasteiger partial charge in [-0.25, -0.2) is 9.18 Å². The Bertz CT molecular complexity index is 563. The van der Waals surface area contributed by atoms with E-state index in [0.29, 0.717) is 6.08 Å². The maximum Gasteiger partial charge on any atom is 0.337 e. The lowest BCUT2D eigenvalue weighted by Crippen LogP contribution is -2.46. The molecule has 0 spiro atoms. The zero-order chi connectivity index (χ0) is 13.6. The molecule has 1 aromatic rings. The molecule has 94 valence electrons. The number of alkyl halides is 3. The predicted octanol–water partition coefficient (Wildman–Crippen LogP) is 3.15. The van der Waals surface area contributed by atoms with E-state index in [2.05, 4.69) is 6.58 Å². The number of fused-ring (bicyclic) bond motifs is 1. The Labute approximate surface area is 101 Å². The summed E-state index contributed by atoms with van der Waals surface area (Å²) in [6.07, 6.45) is 1.24. The standard InChI is InChI=1S/C13H9F3O2/c1-2-12(14)9-6-4-3-5-8(9)7-10(11(17)18)13(12,15)16/h2-7H,1H2,(H,17,18). The van der Waals surface area contributed by atoms with Crippen LogP contribution in [0.25, 0.3) is 6.08 Å². The number of aliphatic carboxylic acids is 1. The number of allylic oxidation sites excluding steroid dienone is 1. The topological polar surface area (TPSA) is 37.3 Å². The molecule has 1 N–H and O–H groups in total. The highest BCUT2D eigenvalue weighted by Crippen LogP contribution is 2.51. The smallest absolute Gasteiger partial charge is 0.337 e. The zero-order valence-corrected chi connectivity index (χ0v) is 9.16. The molecule has 1 aliphatic rings. The number of carboxylic acid groups (broad SMARTS) is 1. The van der Waals surface area contributed by atoms with E-state index in [0.717, 1.165) is 6.08 Å². The minimum atomic E-state index is -4.16. The normalized spacial score (nSPS) is 24.9. The van der Waals surface area contributed by atoms with Gasteiger partial charge in [-0.05, 0) is 17.7 Å². The van der Waals surface area contributed by atoms with E-state index in [1.54, 1.807) is 0 Å². The predicted molar refractivity (Wildman–Crippen MR) is 60.0 cm³/mol. The molecule has 5 heteroatoms. The van der Waals surface area contributed by atoms with Crippen molar-refractivity contribution in [2.75, 3.05) is 0 Å². The van der Waals surface area contributed by atoms with Gasteiger partial charge in [0, 0.05) is 5.56 Å². The van der Waals surface area contributed by atoms with Crippen molar-refractivity contribution in [2.45, 2.75) is 11.6 Å². The molecule has 1 unspecified atom stereocenters. The van der Waals surface area contributed by atoms with Crippen LogP contribution in [-0.2, 0) is 10.5 Å². The molecule has 2 rings (SSSR count).